The van der Waals surface area contributed by atoms with Crippen LogP contribution in [0.2, 0.25) is 5.02 Å². The van der Waals surface area contributed by atoms with Gasteiger partial charge < -0.3 is 10.2 Å². The summed E-state index contributed by atoms with van der Waals surface area (Å²) in [6.45, 7) is 0.868. The van der Waals surface area contributed by atoms with Crippen molar-refractivity contribution in [2.24, 2.45) is 0 Å². The highest BCUT2D eigenvalue weighted by atomic mass is 35.5. The van der Waals surface area contributed by atoms with Crippen molar-refractivity contribution in [3.05, 3.63) is 28.8 Å². The zero-order valence-corrected chi connectivity index (χ0v) is 10.0. The minimum absolute atomic E-state index is 0.738. The van der Waals surface area contributed by atoms with Crippen LogP contribution in [0.15, 0.2) is 18.2 Å². The molecule has 1 fully saturated rings. The normalized spacial score (nSPS) is 15.4. The van der Waals surface area contributed by atoms with Crippen molar-refractivity contribution in [2.75, 3.05) is 19.0 Å². The van der Waals surface area contributed by atoms with Gasteiger partial charge in [0.25, 0.3) is 0 Å². The van der Waals surface area contributed by atoms with E-state index in [4.69, 9.17) is 11.6 Å². The fraction of sp³-hybridized carbons (Fsp3) is 0.500. The van der Waals surface area contributed by atoms with Crippen molar-refractivity contribution < 1.29 is 0 Å². The minimum Gasteiger partial charge on any atom is -0.371 e. The van der Waals surface area contributed by atoms with Crippen molar-refractivity contribution in [1.29, 1.82) is 0 Å². The van der Waals surface area contributed by atoms with Crippen LogP contribution in [0, 0.1) is 0 Å². The number of anilines is 1. The summed E-state index contributed by atoms with van der Waals surface area (Å²) in [5.41, 5.74) is 2.58. The maximum atomic E-state index is 6.01. The third kappa shape index (κ3) is 2.44. The summed E-state index contributed by atoms with van der Waals surface area (Å²) in [6, 6.07) is 6.87. The number of hydrogen-bond acceptors (Lipinski definition) is 2. The lowest BCUT2D eigenvalue weighted by atomic mass is 10.1. The second kappa shape index (κ2) is 4.42. The van der Waals surface area contributed by atoms with Crippen molar-refractivity contribution in [3.63, 3.8) is 0 Å². The van der Waals surface area contributed by atoms with E-state index in [0.29, 0.717) is 0 Å². The van der Waals surface area contributed by atoms with Crippen molar-refractivity contribution in [2.45, 2.75) is 25.4 Å². The Morgan fingerprint density at radius 3 is 2.80 bits per heavy atom. The molecule has 0 amide bonds. The molecule has 1 saturated carbocycles. The summed E-state index contributed by atoms with van der Waals surface area (Å²) in [4.78, 5) is 2.36. The predicted molar refractivity (Wildman–Crippen MR) is 65.6 cm³/mol. The lowest BCUT2D eigenvalue weighted by Gasteiger charge is -2.22. The van der Waals surface area contributed by atoms with Gasteiger partial charge in [0.05, 0.1) is 0 Å². The van der Waals surface area contributed by atoms with E-state index in [1.807, 2.05) is 19.2 Å². The Bertz CT molecular complexity index is 347. The molecular weight excluding hydrogens is 208 g/mol. The van der Waals surface area contributed by atoms with E-state index < -0.39 is 0 Å². The molecule has 0 radical (unpaired) electrons. The van der Waals surface area contributed by atoms with E-state index >= 15 is 0 Å². The van der Waals surface area contributed by atoms with E-state index in [-0.39, 0.29) is 0 Å². The number of rotatable bonds is 4. The first-order chi connectivity index (χ1) is 7.22. The second-order valence-corrected chi connectivity index (χ2v) is 4.58. The van der Waals surface area contributed by atoms with E-state index in [2.05, 4.69) is 23.3 Å². The molecule has 0 spiro atoms. The topological polar surface area (TPSA) is 15.3 Å². The molecule has 0 saturated heterocycles. The average molecular weight is 225 g/mol. The largest absolute Gasteiger partial charge is 0.371 e. The third-order valence-corrected chi connectivity index (χ3v) is 3.12. The summed E-state index contributed by atoms with van der Waals surface area (Å²) in [6.07, 6.45) is 2.64. The van der Waals surface area contributed by atoms with Crippen LogP contribution in [0.1, 0.15) is 18.4 Å². The highest BCUT2D eigenvalue weighted by Crippen LogP contribution is 2.33. The quantitative estimate of drug-likeness (QED) is 0.846. The summed E-state index contributed by atoms with van der Waals surface area (Å²) >= 11 is 6.01. The van der Waals surface area contributed by atoms with Gasteiger partial charge in [0.2, 0.25) is 0 Å². The van der Waals surface area contributed by atoms with Crippen LogP contribution in [0.5, 0.6) is 0 Å². The van der Waals surface area contributed by atoms with Gasteiger partial charge in [0.1, 0.15) is 0 Å². The number of nitrogens with zero attached hydrogens (tertiary/aromatic N) is 1. The molecule has 1 aromatic rings. The van der Waals surface area contributed by atoms with Gasteiger partial charge in [-0.2, -0.15) is 0 Å². The molecule has 0 heterocycles. The van der Waals surface area contributed by atoms with Crippen LogP contribution >= 0.6 is 11.6 Å². The molecule has 82 valence electrons. The van der Waals surface area contributed by atoms with Gasteiger partial charge in [-0.3, -0.25) is 0 Å². The zero-order chi connectivity index (χ0) is 10.8. The van der Waals surface area contributed by atoms with Crippen LogP contribution in [-0.4, -0.2) is 20.1 Å². The van der Waals surface area contributed by atoms with Crippen LogP contribution in [-0.2, 0) is 6.54 Å². The van der Waals surface area contributed by atoms with Crippen LogP contribution in [0.25, 0.3) is 0 Å². The molecule has 15 heavy (non-hydrogen) atoms. The maximum absolute atomic E-state index is 6.01. The summed E-state index contributed by atoms with van der Waals surface area (Å²) in [5, 5.41) is 3.99. The molecule has 0 bridgehead atoms. The van der Waals surface area contributed by atoms with E-state index in [1.165, 1.54) is 24.1 Å². The first-order valence-electron chi connectivity index (χ1n) is 5.38. The SMILES string of the molecule is CNCc1cc(Cl)ccc1N(C)C1CC1. The monoisotopic (exact) mass is 224 g/mol. The second-order valence-electron chi connectivity index (χ2n) is 4.15. The Morgan fingerprint density at radius 2 is 2.20 bits per heavy atom. The molecule has 1 N–H and O–H groups in total. The van der Waals surface area contributed by atoms with Crippen LogP contribution in [0.4, 0.5) is 5.69 Å². The minimum atomic E-state index is 0.738. The Hall–Kier alpha value is -0.730. The maximum Gasteiger partial charge on any atom is 0.0412 e. The van der Waals surface area contributed by atoms with Crippen LogP contribution < -0.4 is 10.2 Å². The third-order valence-electron chi connectivity index (χ3n) is 2.88. The van der Waals surface area contributed by atoms with Crippen LogP contribution in [0.3, 0.4) is 0 Å². The van der Waals surface area contributed by atoms with Gasteiger partial charge >= 0.3 is 0 Å². The van der Waals surface area contributed by atoms with E-state index in [0.717, 1.165) is 17.6 Å². The number of halogens is 1. The summed E-state index contributed by atoms with van der Waals surface area (Å²) in [5.74, 6) is 0. The van der Waals surface area contributed by atoms with Gasteiger partial charge in [-0.1, -0.05) is 11.6 Å². The molecule has 1 aliphatic carbocycles. The van der Waals surface area contributed by atoms with E-state index in [9.17, 15) is 0 Å². The molecule has 1 aliphatic rings. The first kappa shape index (κ1) is 10.8. The Balaban J connectivity index is 2.27. The molecule has 2 rings (SSSR count). The molecule has 0 aliphatic heterocycles. The highest BCUT2D eigenvalue weighted by molar-refractivity contribution is 6.30. The van der Waals surface area contributed by atoms with Gasteiger partial charge in [-0.15, -0.1) is 0 Å². The highest BCUT2D eigenvalue weighted by Gasteiger charge is 2.27. The Morgan fingerprint density at radius 1 is 1.47 bits per heavy atom. The van der Waals surface area contributed by atoms with Gasteiger partial charge in [0, 0.05) is 30.3 Å². The molecule has 0 aromatic heterocycles. The standard InChI is InChI=1S/C12H17ClN2/c1-14-8-9-7-10(13)3-6-12(9)15(2)11-4-5-11/h3,6-7,11,14H,4-5,8H2,1-2H3. The smallest absolute Gasteiger partial charge is 0.0412 e. The fourth-order valence-corrected chi connectivity index (χ4v) is 2.08. The average Bonchev–Trinajstić information content (AvgIpc) is 3.01. The Labute approximate surface area is 96.2 Å². The van der Waals surface area contributed by atoms with Crippen molar-refractivity contribution in [3.8, 4) is 0 Å². The lowest BCUT2D eigenvalue weighted by molar-refractivity contribution is 0.804. The Kier molecular flexibility index (Phi) is 3.17. The van der Waals surface area contributed by atoms with E-state index in [1.54, 1.807) is 0 Å². The van der Waals surface area contributed by atoms with Crippen molar-refractivity contribution >= 4 is 17.3 Å². The molecule has 2 nitrogen and oxygen atoms in total. The first-order valence-corrected chi connectivity index (χ1v) is 5.76. The number of hydrogen-bond donors (Lipinski definition) is 1. The predicted octanol–water partition coefficient (Wildman–Crippen LogP) is 2.66. The molecule has 0 unspecified atom stereocenters. The summed E-state index contributed by atoms with van der Waals surface area (Å²) < 4.78 is 0. The molecule has 3 heteroatoms. The molecule has 0 atom stereocenters. The van der Waals surface area contributed by atoms with Gasteiger partial charge in [-0.25, -0.2) is 0 Å². The molecular formula is C12H17ClN2. The zero-order valence-electron chi connectivity index (χ0n) is 9.26. The summed E-state index contributed by atoms with van der Waals surface area (Å²) in [7, 11) is 4.13. The number of nitrogens with one attached hydrogen (secondary N) is 1. The van der Waals surface area contributed by atoms with Crippen molar-refractivity contribution in [1.82, 2.24) is 5.32 Å². The fourth-order valence-electron chi connectivity index (χ4n) is 1.89. The molecule has 1 aromatic carbocycles. The lowest BCUT2D eigenvalue weighted by Crippen LogP contribution is -2.22. The number of benzene rings is 1. The van der Waals surface area contributed by atoms with Gasteiger partial charge in [-0.05, 0) is 43.7 Å². The van der Waals surface area contributed by atoms with Gasteiger partial charge in [0.15, 0.2) is 0 Å².